The maximum absolute atomic E-state index is 11.9. The maximum Gasteiger partial charge on any atom is 0.281 e. The average molecular weight is 369 g/mol. The largest absolute Gasteiger partial charge is 0.332 e. The summed E-state index contributed by atoms with van der Waals surface area (Å²) in [6.07, 6.45) is 0.243. The predicted molar refractivity (Wildman–Crippen MR) is 93.0 cm³/mol. The van der Waals surface area contributed by atoms with Crippen LogP contribution >= 0.6 is 34.7 Å². The van der Waals surface area contributed by atoms with Crippen LogP contribution in [0.25, 0.3) is 10.6 Å². The number of hydrogen-bond acceptors (Lipinski definition) is 6. The minimum Gasteiger partial charge on any atom is -0.332 e. The molecule has 0 saturated carbocycles. The number of benzene rings is 1. The Bertz CT molecular complexity index is 737. The number of amides is 2. The highest BCUT2D eigenvalue weighted by Gasteiger charge is 2.21. The van der Waals surface area contributed by atoms with Gasteiger partial charge in [-0.1, -0.05) is 52.9 Å². The average Bonchev–Trinajstić information content (AvgIpc) is 3.15. The molecule has 1 N–H and O–H groups in total. The van der Waals surface area contributed by atoms with E-state index in [9.17, 15) is 9.59 Å². The van der Waals surface area contributed by atoms with Crippen LogP contribution in [0.3, 0.4) is 0 Å². The fraction of sp³-hybridized carbons (Fsp3) is 0.286. The van der Waals surface area contributed by atoms with Gasteiger partial charge in [-0.3, -0.25) is 9.59 Å². The van der Waals surface area contributed by atoms with Crippen LogP contribution in [0.2, 0.25) is 5.02 Å². The highest BCUT2D eigenvalue weighted by molar-refractivity contribution is 8.13. The summed E-state index contributed by atoms with van der Waals surface area (Å²) in [6.45, 7) is 1.13. The third-order valence-electron chi connectivity index (χ3n) is 3.23. The zero-order chi connectivity index (χ0) is 16.2. The Kier molecular flexibility index (Phi) is 5.14. The van der Waals surface area contributed by atoms with Crippen molar-refractivity contribution in [1.29, 1.82) is 0 Å². The van der Waals surface area contributed by atoms with E-state index in [1.165, 1.54) is 23.1 Å². The van der Waals surface area contributed by atoms with Gasteiger partial charge in [0.05, 0.1) is 5.02 Å². The number of nitrogens with zero attached hydrogens (tertiary/aromatic N) is 3. The van der Waals surface area contributed by atoms with Crippen LogP contribution < -0.4 is 5.32 Å². The first-order valence-electron chi connectivity index (χ1n) is 6.93. The van der Waals surface area contributed by atoms with E-state index in [2.05, 4.69) is 15.5 Å². The van der Waals surface area contributed by atoms with Crippen molar-refractivity contribution in [3.05, 3.63) is 29.3 Å². The highest BCUT2D eigenvalue weighted by Crippen LogP contribution is 2.31. The van der Waals surface area contributed by atoms with Gasteiger partial charge in [0.2, 0.25) is 11.0 Å². The van der Waals surface area contributed by atoms with Crippen LogP contribution in [0.1, 0.15) is 6.42 Å². The molecule has 2 amide bonds. The summed E-state index contributed by atoms with van der Waals surface area (Å²) in [7, 11) is 0. The topological polar surface area (TPSA) is 75.2 Å². The van der Waals surface area contributed by atoms with Crippen molar-refractivity contribution in [3.8, 4) is 10.6 Å². The number of anilines is 1. The van der Waals surface area contributed by atoms with Gasteiger partial charge < -0.3 is 10.2 Å². The van der Waals surface area contributed by atoms with Crippen molar-refractivity contribution >= 4 is 51.0 Å². The Morgan fingerprint density at radius 1 is 1.35 bits per heavy atom. The second-order valence-electron chi connectivity index (χ2n) is 4.79. The molecule has 1 aromatic heterocycles. The summed E-state index contributed by atoms with van der Waals surface area (Å²) in [5.74, 6) is 0.606. The Morgan fingerprint density at radius 2 is 2.17 bits per heavy atom. The zero-order valence-electron chi connectivity index (χ0n) is 12.0. The molecule has 1 aliphatic rings. The molecule has 1 aromatic carbocycles. The fourth-order valence-electron chi connectivity index (χ4n) is 2.06. The van der Waals surface area contributed by atoms with E-state index >= 15 is 0 Å². The monoisotopic (exact) mass is 368 g/mol. The lowest BCUT2D eigenvalue weighted by molar-refractivity contribution is -0.116. The van der Waals surface area contributed by atoms with E-state index in [0.717, 1.165) is 11.3 Å². The molecule has 6 nitrogen and oxygen atoms in total. The molecular weight excluding hydrogens is 356 g/mol. The number of aromatic nitrogens is 2. The van der Waals surface area contributed by atoms with Crippen molar-refractivity contribution < 1.29 is 9.59 Å². The van der Waals surface area contributed by atoms with Gasteiger partial charge in [0.1, 0.15) is 0 Å². The molecule has 0 aliphatic carbocycles. The quantitative estimate of drug-likeness (QED) is 0.875. The van der Waals surface area contributed by atoms with Crippen molar-refractivity contribution in [2.45, 2.75) is 6.42 Å². The van der Waals surface area contributed by atoms with E-state index in [1.54, 1.807) is 11.0 Å². The van der Waals surface area contributed by atoms with E-state index in [0.29, 0.717) is 28.3 Å². The molecule has 1 saturated heterocycles. The molecule has 2 heterocycles. The van der Waals surface area contributed by atoms with E-state index in [1.807, 2.05) is 18.2 Å². The Balaban J connectivity index is 1.57. The third-order valence-corrected chi connectivity index (χ3v) is 5.32. The molecule has 0 spiro atoms. The summed E-state index contributed by atoms with van der Waals surface area (Å²) in [5.41, 5.74) is 0.784. The summed E-state index contributed by atoms with van der Waals surface area (Å²) in [4.78, 5) is 25.1. The van der Waals surface area contributed by atoms with Gasteiger partial charge in [-0.2, -0.15) is 0 Å². The molecule has 1 fully saturated rings. The molecule has 23 heavy (non-hydrogen) atoms. The molecule has 2 aromatic rings. The van der Waals surface area contributed by atoms with Gasteiger partial charge in [-0.15, -0.1) is 10.2 Å². The number of hydrogen-bond donors (Lipinski definition) is 1. The number of carbonyl (C=O) groups excluding carboxylic acids is 2. The van der Waals surface area contributed by atoms with Gasteiger partial charge in [-0.25, -0.2) is 0 Å². The zero-order valence-corrected chi connectivity index (χ0v) is 14.4. The second-order valence-corrected chi connectivity index (χ2v) is 7.22. The molecule has 9 heteroatoms. The first-order valence-corrected chi connectivity index (χ1v) is 9.11. The minimum atomic E-state index is -0.184. The standard InChI is InChI=1S/C14H13ClN4O2S2/c15-10-4-2-1-3-9(10)12-17-18-13(23-12)16-11(20)5-6-19-7-8-22-14(19)21/h1-4H,5-8H2,(H,16,18,20). The lowest BCUT2D eigenvalue weighted by Gasteiger charge is -2.13. The van der Waals surface area contributed by atoms with E-state index in [-0.39, 0.29) is 17.6 Å². The van der Waals surface area contributed by atoms with Crippen molar-refractivity contribution in [2.24, 2.45) is 0 Å². The minimum absolute atomic E-state index is 0.0368. The molecule has 3 rings (SSSR count). The van der Waals surface area contributed by atoms with Gasteiger partial charge in [0, 0.05) is 30.8 Å². The van der Waals surface area contributed by atoms with Crippen LogP contribution in [0.15, 0.2) is 24.3 Å². The van der Waals surface area contributed by atoms with Gasteiger partial charge in [-0.05, 0) is 6.07 Å². The number of rotatable bonds is 5. The molecule has 0 unspecified atom stereocenters. The first kappa shape index (κ1) is 16.2. The Morgan fingerprint density at radius 3 is 2.91 bits per heavy atom. The van der Waals surface area contributed by atoms with Gasteiger partial charge in [0.15, 0.2) is 5.01 Å². The van der Waals surface area contributed by atoms with Crippen molar-refractivity contribution in [3.63, 3.8) is 0 Å². The number of thioether (sulfide) groups is 1. The molecule has 0 radical (unpaired) electrons. The van der Waals surface area contributed by atoms with Crippen LogP contribution in [0.5, 0.6) is 0 Å². The SMILES string of the molecule is O=C(CCN1CCSC1=O)Nc1nnc(-c2ccccc2Cl)s1. The third kappa shape index (κ3) is 4.01. The Hall–Kier alpha value is -1.64. The first-order chi connectivity index (χ1) is 11.1. The summed E-state index contributed by atoms with van der Waals surface area (Å²) in [5, 5.41) is 12.4. The summed E-state index contributed by atoms with van der Waals surface area (Å²) < 4.78 is 0. The molecular formula is C14H13ClN4O2S2. The van der Waals surface area contributed by atoms with Crippen molar-refractivity contribution in [1.82, 2.24) is 15.1 Å². The fourth-order valence-corrected chi connectivity index (χ4v) is 4.00. The molecule has 0 bridgehead atoms. The molecule has 0 atom stereocenters. The normalized spacial score (nSPS) is 14.3. The molecule has 120 valence electrons. The molecule has 1 aliphatic heterocycles. The lowest BCUT2D eigenvalue weighted by atomic mass is 10.2. The smallest absolute Gasteiger partial charge is 0.281 e. The summed E-state index contributed by atoms with van der Waals surface area (Å²) in [6, 6.07) is 7.34. The van der Waals surface area contributed by atoms with Crippen molar-refractivity contribution in [2.75, 3.05) is 24.2 Å². The Labute approximate surface area is 146 Å². The maximum atomic E-state index is 11.9. The number of nitrogens with one attached hydrogen (secondary N) is 1. The van der Waals surface area contributed by atoms with Crippen LogP contribution in [-0.4, -0.2) is 45.1 Å². The van der Waals surface area contributed by atoms with Crippen LogP contribution in [0.4, 0.5) is 9.93 Å². The number of halogens is 1. The number of carbonyl (C=O) groups is 2. The van der Waals surface area contributed by atoms with Gasteiger partial charge in [0.25, 0.3) is 5.24 Å². The van der Waals surface area contributed by atoms with E-state index in [4.69, 9.17) is 11.6 Å². The van der Waals surface area contributed by atoms with Crippen LogP contribution in [-0.2, 0) is 4.79 Å². The highest BCUT2D eigenvalue weighted by atomic mass is 35.5. The van der Waals surface area contributed by atoms with Gasteiger partial charge >= 0.3 is 0 Å². The predicted octanol–water partition coefficient (Wildman–Crippen LogP) is 3.36. The second kappa shape index (κ2) is 7.29. The van der Waals surface area contributed by atoms with E-state index < -0.39 is 0 Å². The summed E-state index contributed by atoms with van der Waals surface area (Å²) >= 11 is 8.67. The lowest BCUT2D eigenvalue weighted by Crippen LogP contribution is -2.27. The van der Waals surface area contributed by atoms with Crippen LogP contribution in [0, 0.1) is 0 Å².